The van der Waals surface area contributed by atoms with Crippen molar-refractivity contribution in [1.82, 2.24) is 4.90 Å². The molecule has 3 rings (SSSR count). The van der Waals surface area contributed by atoms with Gasteiger partial charge < -0.3 is 10.2 Å². The minimum absolute atomic E-state index is 0.00759. The zero-order valence-corrected chi connectivity index (χ0v) is 11.8. The summed E-state index contributed by atoms with van der Waals surface area (Å²) in [6.07, 6.45) is 3.77. The number of fused-ring (bicyclic) bond motifs is 1. The number of rotatable bonds is 1. The number of amides is 2. The molecular formula is C16H20N2O2. The molecule has 0 bridgehead atoms. The summed E-state index contributed by atoms with van der Waals surface area (Å²) in [6, 6.07) is 5.55. The van der Waals surface area contributed by atoms with Crippen LogP contribution in [0.5, 0.6) is 0 Å². The highest BCUT2D eigenvalue weighted by Gasteiger charge is 2.23. The van der Waals surface area contributed by atoms with Crippen molar-refractivity contribution in [2.75, 3.05) is 18.4 Å². The average molecular weight is 272 g/mol. The van der Waals surface area contributed by atoms with E-state index >= 15 is 0 Å². The molecule has 2 aliphatic rings. The number of carbonyl (C=O) groups excluding carboxylic acids is 2. The molecule has 1 atom stereocenters. The molecule has 4 nitrogen and oxygen atoms in total. The minimum Gasteiger partial charge on any atom is -0.339 e. The molecule has 0 saturated carbocycles. The Bertz CT molecular complexity index is 553. The molecule has 0 aliphatic carbocycles. The van der Waals surface area contributed by atoms with Crippen molar-refractivity contribution in [3.8, 4) is 0 Å². The van der Waals surface area contributed by atoms with E-state index in [1.807, 2.05) is 23.1 Å². The second kappa shape index (κ2) is 5.27. The summed E-state index contributed by atoms with van der Waals surface area (Å²) in [6.45, 7) is 3.93. The highest BCUT2D eigenvalue weighted by atomic mass is 16.2. The standard InChI is InChI=1S/C16H20N2O2/c1-11-3-2-7-18(8-6-11)16(20)13-5-4-12-10-15(19)17-14(12)9-13/h4-5,9,11H,2-3,6-8,10H2,1H3,(H,17,19). The highest BCUT2D eigenvalue weighted by molar-refractivity contribution is 6.02. The molecule has 2 aliphatic heterocycles. The second-order valence-electron chi connectivity index (χ2n) is 5.93. The zero-order chi connectivity index (χ0) is 14.1. The van der Waals surface area contributed by atoms with Gasteiger partial charge in [0, 0.05) is 24.3 Å². The number of anilines is 1. The number of hydrogen-bond donors (Lipinski definition) is 1. The third-order valence-corrected chi connectivity index (χ3v) is 4.29. The number of nitrogens with one attached hydrogen (secondary N) is 1. The van der Waals surface area contributed by atoms with E-state index in [4.69, 9.17) is 0 Å². The Hall–Kier alpha value is -1.84. The van der Waals surface area contributed by atoms with Crippen molar-refractivity contribution in [2.24, 2.45) is 5.92 Å². The lowest BCUT2D eigenvalue weighted by Crippen LogP contribution is -2.32. The monoisotopic (exact) mass is 272 g/mol. The van der Waals surface area contributed by atoms with Crippen LogP contribution in [0.4, 0.5) is 5.69 Å². The van der Waals surface area contributed by atoms with Gasteiger partial charge in [-0.15, -0.1) is 0 Å². The summed E-state index contributed by atoms with van der Waals surface area (Å²) in [5.74, 6) is 0.795. The lowest BCUT2D eigenvalue weighted by Gasteiger charge is -2.20. The number of likely N-dealkylation sites (tertiary alicyclic amines) is 1. The molecule has 20 heavy (non-hydrogen) atoms. The molecule has 1 aromatic rings. The summed E-state index contributed by atoms with van der Waals surface area (Å²) >= 11 is 0. The van der Waals surface area contributed by atoms with E-state index in [2.05, 4.69) is 12.2 Å². The molecule has 1 unspecified atom stereocenters. The van der Waals surface area contributed by atoms with Gasteiger partial charge in [0.25, 0.3) is 5.91 Å². The number of hydrogen-bond acceptors (Lipinski definition) is 2. The fourth-order valence-corrected chi connectivity index (χ4v) is 3.00. The van der Waals surface area contributed by atoms with Crippen LogP contribution >= 0.6 is 0 Å². The second-order valence-corrected chi connectivity index (χ2v) is 5.93. The Kier molecular flexibility index (Phi) is 3.47. The van der Waals surface area contributed by atoms with Crippen LogP contribution < -0.4 is 5.32 Å². The van der Waals surface area contributed by atoms with Crippen LogP contribution in [0.15, 0.2) is 18.2 Å². The third-order valence-electron chi connectivity index (χ3n) is 4.29. The van der Waals surface area contributed by atoms with Gasteiger partial charge in [-0.25, -0.2) is 0 Å². The molecule has 1 fully saturated rings. The Morgan fingerprint density at radius 1 is 1.30 bits per heavy atom. The van der Waals surface area contributed by atoms with Crippen LogP contribution in [-0.4, -0.2) is 29.8 Å². The first-order valence-electron chi connectivity index (χ1n) is 7.35. The van der Waals surface area contributed by atoms with Gasteiger partial charge >= 0.3 is 0 Å². The van der Waals surface area contributed by atoms with Gasteiger partial charge in [-0.05, 0) is 42.9 Å². The van der Waals surface area contributed by atoms with Crippen LogP contribution in [0, 0.1) is 5.92 Å². The summed E-state index contributed by atoms with van der Waals surface area (Å²) in [4.78, 5) is 25.9. The predicted octanol–water partition coefficient (Wildman–Crippen LogP) is 2.44. The fourth-order valence-electron chi connectivity index (χ4n) is 3.00. The summed E-state index contributed by atoms with van der Waals surface area (Å²) in [5.41, 5.74) is 2.46. The van der Waals surface area contributed by atoms with Crippen molar-refractivity contribution in [2.45, 2.75) is 32.6 Å². The molecule has 2 heterocycles. The maximum absolute atomic E-state index is 12.6. The highest BCUT2D eigenvalue weighted by Crippen LogP contribution is 2.25. The minimum atomic E-state index is 0.00759. The van der Waals surface area contributed by atoms with E-state index in [9.17, 15) is 9.59 Å². The Labute approximate surface area is 119 Å². The summed E-state index contributed by atoms with van der Waals surface area (Å²) < 4.78 is 0. The lowest BCUT2D eigenvalue weighted by molar-refractivity contribution is -0.115. The van der Waals surface area contributed by atoms with E-state index in [-0.39, 0.29) is 11.8 Å². The quantitative estimate of drug-likeness (QED) is 0.853. The van der Waals surface area contributed by atoms with Crippen LogP contribution in [0.3, 0.4) is 0 Å². The average Bonchev–Trinajstić information content (AvgIpc) is 2.66. The maximum Gasteiger partial charge on any atom is 0.253 e. The van der Waals surface area contributed by atoms with Crippen molar-refractivity contribution in [1.29, 1.82) is 0 Å². The molecule has 0 radical (unpaired) electrons. The zero-order valence-electron chi connectivity index (χ0n) is 11.8. The molecule has 1 N–H and O–H groups in total. The van der Waals surface area contributed by atoms with Crippen LogP contribution in [0.1, 0.15) is 42.1 Å². The number of carbonyl (C=O) groups is 2. The molecule has 0 spiro atoms. The molecule has 4 heteroatoms. The van der Waals surface area contributed by atoms with Gasteiger partial charge in [-0.1, -0.05) is 13.0 Å². The first-order valence-corrected chi connectivity index (χ1v) is 7.35. The summed E-state index contributed by atoms with van der Waals surface area (Å²) in [5, 5.41) is 2.81. The van der Waals surface area contributed by atoms with Crippen molar-refractivity contribution in [3.05, 3.63) is 29.3 Å². The largest absolute Gasteiger partial charge is 0.339 e. The van der Waals surface area contributed by atoms with E-state index in [1.54, 1.807) is 0 Å². The number of nitrogens with zero attached hydrogens (tertiary/aromatic N) is 1. The normalized spacial score (nSPS) is 22.1. The van der Waals surface area contributed by atoms with Crippen LogP contribution in [-0.2, 0) is 11.2 Å². The van der Waals surface area contributed by atoms with E-state index < -0.39 is 0 Å². The molecule has 106 valence electrons. The Morgan fingerprint density at radius 3 is 3.00 bits per heavy atom. The van der Waals surface area contributed by atoms with E-state index in [0.29, 0.717) is 17.9 Å². The van der Waals surface area contributed by atoms with Gasteiger partial charge in [0.15, 0.2) is 0 Å². The predicted molar refractivity (Wildman–Crippen MR) is 77.7 cm³/mol. The first kappa shape index (κ1) is 13.2. The SMILES string of the molecule is CC1CCCN(C(=O)c2ccc3c(c2)NC(=O)C3)CC1. The van der Waals surface area contributed by atoms with Gasteiger partial charge in [0.05, 0.1) is 6.42 Å². The van der Waals surface area contributed by atoms with E-state index in [0.717, 1.165) is 37.2 Å². The van der Waals surface area contributed by atoms with Gasteiger partial charge in [0.1, 0.15) is 0 Å². The lowest BCUT2D eigenvalue weighted by atomic mass is 10.0. The van der Waals surface area contributed by atoms with E-state index in [1.165, 1.54) is 6.42 Å². The molecular weight excluding hydrogens is 252 g/mol. The number of benzene rings is 1. The smallest absolute Gasteiger partial charge is 0.253 e. The van der Waals surface area contributed by atoms with Crippen molar-refractivity contribution >= 4 is 17.5 Å². The molecule has 2 amide bonds. The Morgan fingerprint density at radius 2 is 2.15 bits per heavy atom. The van der Waals surface area contributed by atoms with Gasteiger partial charge in [-0.2, -0.15) is 0 Å². The van der Waals surface area contributed by atoms with Crippen LogP contribution in [0.25, 0.3) is 0 Å². The third kappa shape index (κ3) is 2.55. The molecule has 1 saturated heterocycles. The topological polar surface area (TPSA) is 49.4 Å². The van der Waals surface area contributed by atoms with Crippen molar-refractivity contribution < 1.29 is 9.59 Å². The molecule has 1 aromatic carbocycles. The van der Waals surface area contributed by atoms with Gasteiger partial charge in [-0.3, -0.25) is 9.59 Å². The summed E-state index contributed by atoms with van der Waals surface area (Å²) in [7, 11) is 0. The van der Waals surface area contributed by atoms with Gasteiger partial charge in [0.2, 0.25) is 5.91 Å². The van der Waals surface area contributed by atoms with Crippen LogP contribution in [0.2, 0.25) is 0 Å². The maximum atomic E-state index is 12.6. The van der Waals surface area contributed by atoms with Crippen molar-refractivity contribution in [3.63, 3.8) is 0 Å². The Balaban J connectivity index is 1.77. The molecule has 0 aromatic heterocycles. The fraction of sp³-hybridized carbons (Fsp3) is 0.500. The first-order chi connectivity index (χ1) is 9.63.